The van der Waals surface area contributed by atoms with Gasteiger partial charge in [0.2, 0.25) is 0 Å². The van der Waals surface area contributed by atoms with Gasteiger partial charge in [-0.15, -0.1) is 15.0 Å². The smallest absolute Gasteiger partial charge is 0.313 e. The third kappa shape index (κ3) is 3.86. The third-order valence-electron chi connectivity index (χ3n) is 3.52. The van der Waals surface area contributed by atoms with Crippen LogP contribution in [0.15, 0.2) is 42.5 Å². The van der Waals surface area contributed by atoms with Crippen molar-refractivity contribution in [3.63, 3.8) is 0 Å². The van der Waals surface area contributed by atoms with Crippen molar-refractivity contribution >= 4 is 28.8 Å². The van der Waals surface area contributed by atoms with E-state index in [9.17, 15) is 9.90 Å². The largest absolute Gasteiger partial charge is 0.506 e. The Morgan fingerprint density at radius 2 is 1.83 bits per heavy atom. The molecule has 2 N–H and O–H groups in total. The zero-order valence-electron chi connectivity index (χ0n) is 12.9. The van der Waals surface area contributed by atoms with Crippen LogP contribution in [0.5, 0.6) is 5.75 Å². The molecule has 0 fully saturated rings. The Balaban J connectivity index is 1.73. The van der Waals surface area contributed by atoms with Gasteiger partial charge < -0.3 is 10.2 Å². The summed E-state index contributed by atoms with van der Waals surface area (Å²) in [7, 11) is 0. The Morgan fingerprint density at radius 3 is 2.50 bits per heavy atom. The van der Waals surface area contributed by atoms with Crippen molar-refractivity contribution in [1.29, 1.82) is 0 Å². The van der Waals surface area contributed by atoms with Crippen LogP contribution in [0.1, 0.15) is 12.0 Å². The molecule has 6 nitrogen and oxygen atoms in total. The standard InChI is InChI=1S/C17H17N3O3S/c21-16-8-7-12(4-3-9-24-11-17(22)23)10-15(16)20-18-13-5-1-2-6-14(13)19-20/h1-2,5-8,10,21H,3-4,9,11H2,(H,22,23). The minimum absolute atomic E-state index is 0.124. The van der Waals surface area contributed by atoms with Gasteiger partial charge in [-0.2, -0.15) is 11.8 Å². The van der Waals surface area contributed by atoms with Crippen LogP contribution in [0.3, 0.4) is 0 Å². The molecule has 2 aromatic carbocycles. The van der Waals surface area contributed by atoms with Crippen molar-refractivity contribution in [2.24, 2.45) is 0 Å². The Hall–Kier alpha value is -2.54. The molecule has 0 unspecified atom stereocenters. The van der Waals surface area contributed by atoms with Gasteiger partial charge in [-0.25, -0.2) is 0 Å². The van der Waals surface area contributed by atoms with E-state index in [-0.39, 0.29) is 11.5 Å². The summed E-state index contributed by atoms with van der Waals surface area (Å²) >= 11 is 1.41. The molecule has 0 aliphatic rings. The molecule has 3 rings (SSSR count). The Morgan fingerprint density at radius 1 is 1.12 bits per heavy atom. The van der Waals surface area contributed by atoms with E-state index in [1.54, 1.807) is 6.07 Å². The molecule has 0 atom stereocenters. The fourth-order valence-electron chi connectivity index (χ4n) is 2.39. The number of carbonyl (C=O) groups is 1. The van der Waals surface area contributed by atoms with Gasteiger partial charge in [0.15, 0.2) is 0 Å². The number of carboxylic acid groups (broad SMARTS) is 1. The number of aliphatic carboxylic acids is 1. The number of carboxylic acids is 1. The molecule has 1 heterocycles. The van der Waals surface area contributed by atoms with Crippen LogP contribution in [-0.4, -0.2) is 42.7 Å². The number of hydrogen-bond donors (Lipinski definition) is 2. The quantitative estimate of drug-likeness (QED) is 0.641. The van der Waals surface area contributed by atoms with Crippen molar-refractivity contribution < 1.29 is 15.0 Å². The predicted molar refractivity (Wildman–Crippen MR) is 93.8 cm³/mol. The monoisotopic (exact) mass is 343 g/mol. The number of aromatic hydroxyl groups is 1. The van der Waals surface area contributed by atoms with E-state index in [1.807, 2.05) is 36.4 Å². The SMILES string of the molecule is O=C(O)CSCCCc1ccc(O)c(-n2nc3ccccc3n2)c1. The Bertz CT molecular complexity index is 830. The lowest BCUT2D eigenvalue weighted by Gasteiger charge is -2.07. The zero-order valence-corrected chi connectivity index (χ0v) is 13.7. The van der Waals surface area contributed by atoms with Gasteiger partial charge in [0.1, 0.15) is 22.5 Å². The van der Waals surface area contributed by atoms with Crippen molar-refractivity contribution in [2.45, 2.75) is 12.8 Å². The maximum Gasteiger partial charge on any atom is 0.313 e. The highest BCUT2D eigenvalue weighted by Crippen LogP contribution is 2.24. The van der Waals surface area contributed by atoms with Gasteiger partial charge >= 0.3 is 5.97 Å². The number of thioether (sulfide) groups is 1. The summed E-state index contributed by atoms with van der Waals surface area (Å²) in [6, 6.07) is 12.9. The van der Waals surface area contributed by atoms with Crippen LogP contribution in [-0.2, 0) is 11.2 Å². The summed E-state index contributed by atoms with van der Waals surface area (Å²) < 4.78 is 0. The second kappa shape index (κ2) is 7.35. The minimum Gasteiger partial charge on any atom is -0.506 e. The number of fused-ring (bicyclic) bond motifs is 1. The lowest BCUT2D eigenvalue weighted by Crippen LogP contribution is -2.01. The molecule has 0 radical (unpaired) electrons. The van der Waals surface area contributed by atoms with Crippen LogP contribution >= 0.6 is 11.8 Å². The second-order valence-electron chi connectivity index (χ2n) is 5.35. The average Bonchev–Trinajstić information content (AvgIpc) is 2.99. The summed E-state index contributed by atoms with van der Waals surface area (Å²) in [6.07, 6.45) is 1.68. The first-order valence-electron chi connectivity index (χ1n) is 7.57. The second-order valence-corrected chi connectivity index (χ2v) is 6.46. The molecule has 124 valence electrons. The topological polar surface area (TPSA) is 88.2 Å². The lowest BCUT2D eigenvalue weighted by molar-refractivity contribution is -0.133. The van der Waals surface area contributed by atoms with Gasteiger partial charge in [0, 0.05) is 0 Å². The summed E-state index contributed by atoms with van der Waals surface area (Å²) in [5.41, 5.74) is 3.14. The maximum absolute atomic E-state index is 10.5. The van der Waals surface area contributed by atoms with Crippen LogP contribution in [0, 0.1) is 0 Å². The van der Waals surface area contributed by atoms with Crippen molar-refractivity contribution in [2.75, 3.05) is 11.5 Å². The van der Waals surface area contributed by atoms with Crippen LogP contribution in [0.25, 0.3) is 16.7 Å². The molecule has 0 saturated carbocycles. The molecule has 0 spiro atoms. The first-order chi connectivity index (χ1) is 11.6. The molecule has 0 aliphatic carbocycles. The number of aromatic nitrogens is 3. The van der Waals surface area contributed by atoms with E-state index in [4.69, 9.17) is 5.11 Å². The minimum atomic E-state index is -0.788. The summed E-state index contributed by atoms with van der Waals surface area (Å²) in [5.74, 6) is 0.250. The average molecular weight is 343 g/mol. The number of hydrogen-bond acceptors (Lipinski definition) is 5. The number of nitrogens with zero attached hydrogens (tertiary/aromatic N) is 3. The number of phenolic OH excluding ortho intramolecular Hbond substituents is 1. The molecule has 24 heavy (non-hydrogen) atoms. The first kappa shape index (κ1) is 16.3. The third-order valence-corrected chi connectivity index (χ3v) is 4.55. The Labute approximate surface area is 143 Å². The van der Waals surface area contributed by atoms with E-state index in [2.05, 4.69) is 10.2 Å². The number of benzene rings is 2. The van der Waals surface area contributed by atoms with Crippen molar-refractivity contribution in [3.8, 4) is 11.4 Å². The number of phenols is 1. The van der Waals surface area contributed by atoms with Crippen molar-refractivity contribution in [1.82, 2.24) is 15.0 Å². The Kier molecular flexibility index (Phi) is 5.00. The molecule has 7 heteroatoms. The van der Waals surface area contributed by atoms with Crippen molar-refractivity contribution in [3.05, 3.63) is 48.0 Å². The molecular weight excluding hydrogens is 326 g/mol. The summed E-state index contributed by atoms with van der Waals surface area (Å²) in [5, 5.41) is 27.5. The molecule has 1 aromatic heterocycles. The van der Waals surface area contributed by atoms with Crippen LogP contribution in [0.4, 0.5) is 0 Å². The normalized spacial score (nSPS) is 11.0. The fourth-order valence-corrected chi connectivity index (χ4v) is 3.06. The van der Waals surface area contributed by atoms with E-state index >= 15 is 0 Å². The van der Waals surface area contributed by atoms with Gasteiger partial charge in [0.05, 0.1) is 5.75 Å². The molecule has 0 aliphatic heterocycles. The van der Waals surface area contributed by atoms with E-state index in [0.29, 0.717) is 5.69 Å². The maximum atomic E-state index is 10.5. The molecule has 0 bridgehead atoms. The van der Waals surface area contributed by atoms with E-state index < -0.39 is 5.97 Å². The van der Waals surface area contributed by atoms with E-state index in [1.165, 1.54) is 16.6 Å². The summed E-state index contributed by atoms with van der Waals surface area (Å²) in [6.45, 7) is 0. The van der Waals surface area contributed by atoms with Gasteiger partial charge in [-0.3, -0.25) is 4.79 Å². The van der Waals surface area contributed by atoms with Crippen LogP contribution < -0.4 is 0 Å². The zero-order chi connectivity index (χ0) is 16.9. The molecule has 0 saturated heterocycles. The van der Waals surface area contributed by atoms with E-state index in [0.717, 1.165) is 35.2 Å². The highest BCUT2D eigenvalue weighted by Gasteiger charge is 2.09. The molecule has 0 amide bonds. The highest BCUT2D eigenvalue weighted by atomic mass is 32.2. The number of rotatable bonds is 7. The highest BCUT2D eigenvalue weighted by molar-refractivity contribution is 7.99. The van der Waals surface area contributed by atoms with Gasteiger partial charge in [0.25, 0.3) is 0 Å². The predicted octanol–water partition coefficient (Wildman–Crippen LogP) is 2.88. The molecule has 3 aromatic rings. The fraction of sp³-hybridized carbons (Fsp3) is 0.235. The molecular formula is C17H17N3O3S. The van der Waals surface area contributed by atoms with Gasteiger partial charge in [-0.1, -0.05) is 18.2 Å². The summed E-state index contributed by atoms with van der Waals surface area (Å²) in [4.78, 5) is 11.9. The van der Waals surface area contributed by atoms with Gasteiger partial charge in [-0.05, 0) is 48.4 Å². The first-order valence-corrected chi connectivity index (χ1v) is 8.73. The lowest BCUT2D eigenvalue weighted by atomic mass is 10.1. The van der Waals surface area contributed by atoms with Crippen LogP contribution in [0.2, 0.25) is 0 Å². The number of aryl methyl sites for hydroxylation is 1.